The average molecular weight is 287 g/mol. The van der Waals surface area contributed by atoms with Gasteiger partial charge in [0.2, 0.25) is 5.91 Å². The Morgan fingerprint density at radius 2 is 2.10 bits per heavy atom. The van der Waals surface area contributed by atoms with Gasteiger partial charge in [0.1, 0.15) is 0 Å². The molecule has 1 saturated carbocycles. The molecule has 2 aliphatic rings. The molecule has 0 atom stereocenters. The summed E-state index contributed by atoms with van der Waals surface area (Å²) < 4.78 is 0. The second-order valence-corrected chi connectivity index (χ2v) is 6.35. The van der Waals surface area contributed by atoms with Gasteiger partial charge >= 0.3 is 0 Å². The molecule has 1 saturated heterocycles. The predicted octanol–water partition coefficient (Wildman–Crippen LogP) is 2.35. The maximum absolute atomic E-state index is 12.6. The van der Waals surface area contributed by atoms with Gasteiger partial charge in [-0.1, -0.05) is 6.07 Å². The lowest BCUT2D eigenvalue weighted by Gasteiger charge is -2.25. The van der Waals surface area contributed by atoms with E-state index < -0.39 is 0 Å². The van der Waals surface area contributed by atoms with Gasteiger partial charge in [0.05, 0.1) is 0 Å². The number of carbonyl (C=O) groups is 1. The molecule has 1 amide bonds. The van der Waals surface area contributed by atoms with Gasteiger partial charge in [-0.05, 0) is 62.7 Å². The van der Waals surface area contributed by atoms with E-state index >= 15 is 0 Å². The first-order valence-electron chi connectivity index (χ1n) is 8.22. The van der Waals surface area contributed by atoms with Gasteiger partial charge < -0.3 is 10.2 Å². The minimum absolute atomic E-state index is 0.333. The third-order valence-corrected chi connectivity index (χ3v) is 4.61. The Hall–Kier alpha value is -1.42. The van der Waals surface area contributed by atoms with E-state index in [0.717, 1.165) is 37.5 Å². The molecule has 4 heteroatoms. The fourth-order valence-corrected chi connectivity index (χ4v) is 3.14. The van der Waals surface area contributed by atoms with Crippen molar-refractivity contribution in [2.45, 2.75) is 51.1 Å². The maximum atomic E-state index is 12.6. The van der Waals surface area contributed by atoms with Crippen molar-refractivity contribution in [3.8, 4) is 0 Å². The molecule has 0 aromatic carbocycles. The monoisotopic (exact) mass is 287 g/mol. The number of carbonyl (C=O) groups excluding carboxylic acids is 1. The number of amides is 1. The molecule has 2 heterocycles. The first-order valence-corrected chi connectivity index (χ1v) is 8.22. The number of rotatable bonds is 6. The van der Waals surface area contributed by atoms with Gasteiger partial charge in [-0.15, -0.1) is 0 Å². The SMILES string of the molecule is O=C(CCC1CCNCC1)N(Cc1cccnc1)C1CC1. The van der Waals surface area contributed by atoms with Crippen LogP contribution in [0.4, 0.5) is 0 Å². The molecule has 0 unspecified atom stereocenters. The van der Waals surface area contributed by atoms with Crippen molar-refractivity contribution >= 4 is 5.91 Å². The van der Waals surface area contributed by atoms with Crippen molar-refractivity contribution in [3.63, 3.8) is 0 Å². The quantitative estimate of drug-likeness (QED) is 0.873. The van der Waals surface area contributed by atoms with Crippen molar-refractivity contribution in [2.24, 2.45) is 5.92 Å². The minimum atomic E-state index is 0.333. The number of aromatic nitrogens is 1. The fraction of sp³-hybridized carbons (Fsp3) is 0.647. The van der Waals surface area contributed by atoms with Gasteiger partial charge in [0, 0.05) is 31.4 Å². The third kappa shape index (κ3) is 4.27. The third-order valence-electron chi connectivity index (χ3n) is 4.61. The molecule has 21 heavy (non-hydrogen) atoms. The Morgan fingerprint density at radius 3 is 2.76 bits per heavy atom. The maximum Gasteiger partial charge on any atom is 0.223 e. The van der Waals surface area contributed by atoms with E-state index in [1.54, 1.807) is 6.20 Å². The second-order valence-electron chi connectivity index (χ2n) is 6.35. The number of hydrogen-bond acceptors (Lipinski definition) is 3. The molecule has 4 nitrogen and oxygen atoms in total. The molecular formula is C17H25N3O. The van der Waals surface area contributed by atoms with Gasteiger partial charge in [-0.25, -0.2) is 0 Å². The summed E-state index contributed by atoms with van der Waals surface area (Å²) in [7, 11) is 0. The topological polar surface area (TPSA) is 45.2 Å². The first-order chi connectivity index (χ1) is 10.3. The lowest BCUT2D eigenvalue weighted by molar-refractivity contribution is -0.132. The Kier molecular flexibility index (Phi) is 4.86. The number of nitrogens with zero attached hydrogens (tertiary/aromatic N) is 2. The van der Waals surface area contributed by atoms with E-state index in [0.29, 0.717) is 18.4 Å². The van der Waals surface area contributed by atoms with Crippen molar-refractivity contribution in [3.05, 3.63) is 30.1 Å². The molecule has 1 N–H and O–H groups in total. The molecule has 3 rings (SSSR count). The van der Waals surface area contributed by atoms with Gasteiger partial charge in [-0.3, -0.25) is 9.78 Å². The first kappa shape index (κ1) is 14.5. The summed E-state index contributed by atoms with van der Waals surface area (Å²) in [4.78, 5) is 18.8. The van der Waals surface area contributed by atoms with Crippen LogP contribution >= 0.6 is 0 Å². The summed E-state index contributed by atoms with van der Waals surface area (Å²) in [6, 6.07) is 4.48. The molecule has 0 spiro atoms. The van der Waals surface area contributed by atoms with Crippen LogP contribution < -0.4 is 5.32 Å². The molecule has 0 bridgehead atoms. The van der Waals surface area contributed by atoms with Crippen LogP contribution in [0.5, 0.6) is 0 Å². The van der Waals surface area contributed by atoms with Gasteiger partial charge in [-0.2, -0.15) is 0 Å². The van der Waals surface area contributed by atoms with E-state index in [-0.39, 0.29) is 0 Å². The highest BCUT2D eigenvalue weighted by Gasteiger charge is 2.32. The van der Waals surface area contributed by atoms with E-state index in [4.69, 9.17) is 0 Å². The summed E-state index contributed by atoms with van der Waals surface area (Å²) in [5, 5.41) is 3.38. The zero-order valence-electron chi connectivity index (χ0n) is 12.6. The Labute approximate surface area is 126 Å². The van der Waals surface area contributed by atoms with Crippen molar-refractivity contribution < 1.29 is 4.79 Å². The molecule has 1 aliphatic carbocycles. The molecule has 1 aromatic heterocycles. The van der Waals surface area contributed by atoms with E-state index in [1.165, 1.54) is 25.7 Å². The summed E-state index contributed by atoms with van der Waals surface area (Å²) in [6.07, 6.45) is 10.2. The van der Waals surface area contributed by atoms with Crippen molar-refractivity contribution in [1.29, 1.82) is 0 Å². The summed E-state index contributed by atoms with van der Waals surface area (Å²) in [5.41, 5.74) is 1.14. The molecule has 114 valence electrons. The highest BCUT2D eigenvalue weighted by Crippen LogP contribution is 2.29. The van der Waals surface area contributed by atoms with E-state index in [1.807, 2.05) is 12.3 Å². The second kappa shape index (κ2) is 7.03. The minimum Gasteiger partial charge on any atom is -0.335 e. The zero-order chi connectivity index (χ0) is 14.5. The zero-order valence-corrected chi connectivity index (χ0v) is 12.6. The van der Waals surface area contributed by atoms with E-state index in [2.05, 4.69) is 21.3 Å². The molecule has 1 aromatic rings. The van der Waals surface area contributed by atoms with Gasteiger partial charge in [0.25, 0.3) is 0 Å². The highest BCUT2D eigenvalue weighted by molar-refractivity contribution is 5.76. The Balaban J connectivity index is 1.52. The van der Waals surface area contributed by atoms with Crippen LogP contribution in [-0.2, 0) is 11.3 Å². The van der Waals surface area contributed by atoms with Crippen LogP contribution in [0, 0.1) is 5.92 Å². The predicted molar refractivity (Wildman–Crippen MR) is 82.6 cm³/mol. The molecule has 0 radical (unpaired) electrons. The number of nitrogens with one attached hydrogen (secondary N) is 1. The highest BCUT2D eigenvalue weighted by atomic mass is 16.2. The molecular weight excluding hydrogens is 262 g/mol. The van der Waals surface area contributed by atoms with Crippen LogP contribution in [0.1, 0.15) is 44.1 Å². The van der Waals surface area contributed by atoms with Crippen molar-refractivity contribution in [1.82, 2.24) is 15.2 Å². The van der Waals surface area contributed by atoms with Crippen LogP contribution in [0.25, 0.3) is 0 Å². The standard InChI is InChI=1S/C17H25N3O/c21-17(6-3-14-7-10-18-11-8-14)20(16-4-5-16)13-15-2-1-9-19-12-15/h1-2,9,12,14,16,18H,3-8,10-11,13H2. The normalized spacial score (nSPS) is 19.4. The van der Waals surface area contributed by atoms with Crippen LogP contribution in [0.2, 0.25) is 0 Å². The smallest absolute Gasteiger partial charge is 0.223 e. The number of hydrogen-bond donors (Lipinski definition) is 1. The average Bonchev–Trinajstić information content (AvgIpc) is 3.37. The molecule has 1 aliphatic heterocycles. The van der Waals surface area contributed by atoms with Crippen LogP contribution in [0.3, 0.4) is 0 Å². The summed E-state index contributed by atoms with van der Waals surface area (Å²) in [5.74, 6) is 1.06. The number of pyridine rings is 1. The molecule has 2 fully saturated rings. The van der Waals surface area contributed by atoms with Crippen LogP contribution in [-0.4, -0.2) is 34.9 Å². The van der Waals surface area contributed by atoms with Crippen LogP contribution in [0.15, 0.2) is 24.5 Å². The lowest BCUT2D eigenvalue weighted by atomic mass is 9.93. The Bertz CT molecular complexity index is 452. The Morgan fingerprint density at radius 1 is 1.29 bits per heavy atom. The fourth-order valence-electron chi connectivity index (χ4n) is 3.14. The lowest BCUT2D eigenvalue weighted by Crippen LogP contribution is -2.33. The summed E-state index contributed by atoms with van der Waals surface area (Å²) >= 11 is 0. The van der Waals surface area contributed by atoms with E-state index in [9.17, 15) is 4.79 Å². The van der Waals surface area contributed by atoms with Crippen molar-refractivity contribution in [2.75, 3.05) is 13.1 Å². The largest absolute Gasteiger partial charge is 0.335 e. The number of piperidine rings is 1. The summed E-state index contributed by atoms with van der Waals surface area (Å²) in [6.45, 7) is 2.95. The van der Waals surface area contributed by atoms with Gasteiger partial charge in [0.15, 0.2) is 0 Å².